The molecule has 2 aromatic rings. The summed E-state index contributed by atoms with van der Waals surface area (Å²) in [6.45, 7) is 13.1. The molecule has 0 bridgehead atoms. The number of benzene rings is 1. The Morgan fingerprint density at radius 2 is 1.94 bits per heavy atom. The van der Waals surface area contributed by atoms with Gasteiger partial charge in [-0.15, -0.1) is 0 Å². The summed E-state index contributed by atoms with van der Waals surface area (Å²) >= 11 is 0. The zero-order valence-corrected chi connectivity index (χ0v) is 20.3. The van der Waals surface area contributed by atoms with Gasteiger partial charge in [-0.1, -0.05) is 50.3 Å². The smallest absolute Gasteiger partial charge is 0.241 e. The molecule has 0 saturated carbocycles. The maximum atomic E-state index is 13.4. The van der Waals surface area contributed by atoms with E-state index in [9.17, 15) is 4.79 Å². The first-order chi connectivity index (χ1) is 15.6. The first-order valence-electron chi connectivity index (χ1n) is 11.6. The summed E-state index contributed by atoms with van der Waals surface area (Å²) in [6.07, 6.45) is 13.6. The Bertz CT molecular complexity index is 851. The molecular formula is C26H39N5O. The van der Waals surface area contributed by atoms with Gasteiger partial charge in [0.2, 0.25) is 5.91 Å². The van der Waals surface area contributed by atoms with Crippen molar-refractivity contribution in [1.82, 2.24) is 19.4 Å². The Hall–Kier alpha value is -2.70. The van der Waals surface area contributed by atoms with Crippen molar-refractivity contribution in [3.63, 3.8) is 0 Å². The first kappa shape index (κ1) is 25.6. The van der Waals surface area contributed by atoms with Gasteiger partial charge in [-0.05, 0) is 38.6 Å². The minimum atomic E-state index is -0.0374. The molecule has 0 aliphatic carbocycles. The molecule has 1 amide bonds. The maximum Gasteiger partial charge on any atom is 0.241 e. The van der Waals surface area contributed by atoms with Gasteiger partial charge in [0.05, 0.1) is 18.9 Å². The van der Waals surface area contributed by atoms with Crippen molar-refractivity contribution in [2.75, 3.05) is 44.7 Å². The van der Waals surface area contributed by atoms with Gasteiger partial charge in [0, 0.05) is 50.8 Å². The number of carbonyl (C=O) groups excluding carboxylic acids is 1. The van der Waals surface area contributed by atoms with Gasteiger partial charge in [0.15, 0.2) is 0 Å². The Balaban J connectivity index is 0.00000176. The van der Waals surface area contributed by atoms with Gasteiger partial charge >= 0.3 is 0 Å². The van der Waals surface area contributed by atoms with E-state index in [0.717, 1.165) is 44.0 Å². The fraction of sp³-hybridized carbons (Fsp3) is 0.462. The van der Waals surface area contributed by atoms with Gasteiger partial charge in [0.1, 0.15) is 0 Å². The monoisotopic (exact) mass is 437 g/mol. The van der Waals surface area contributed by atoms with Crippen LogP contribution in [0.15, 0.2) is 67.3 Å². The average molecular weight is 438 g/mol. The molecule has 1 aliphatic rings. The van der Waals surface area contributed by atoms with E-state index in [2.05, 4.69) is 47.0 Å². The maximum absolute atomic E-state index is 13.4. The highest BCUT2D eigenvalue weighted by molar-refractivity contribution is 5.95. The highest BCUT2D eigenvalue weighted by Crippen LogP contribution is 2.21. The molecular weight excluding hydrogens is 398 g/mol. The van der Waals surface area contributed by atoms with Crippen LogP contribution in [0.2, 0.25) is 0 Å². The number of aromatic nitrogens is 2. The topological polar surface area (TPSA) is 44.6 Å². The molecule has 1 atom stereocenters. The van der Waals surface area contributed by atoms with Crippen molar-refractivity contribution in [3.05, 3.63) is 72.9 Å². The number of amides is 1. The molecule has 174 valence electrons. The van der Waals surface area contributed by atoms with Gasteiger partial charge in [-0.3, -0.25) is 9.69 Å². The predicted molar refractivity (Wildman–Crippen MR) is 134 cm³/mol. The van der Waals surface area contributed by atoms with E-state index in [-0.39, 0.29) is 11.9 Å². The molecule has 1 saturated heterocycles. The number of anilines is 1. The summed E-state index contributed by atoms with van der Waals surface area (Å²) in [5.74, 6) is 0.136. The molecule has 0 N–H and O–H groups in total. The van der Waals surface area contributed by atoms with Crippen molar-refractivity contribution in [1.29, 1.82) is 0 Å². The molecule has 0 spiro atoms. The predicted octanol–water partition coefficient (Wildman–Crippen LogP) is 4.06. The lowest BCUT2D eigenvalue weighted by atomic mass is 10.1. The minimum absolute atomic E-state index is 0.0374. The van der Waals surface area contributed by atoms with E-state index >= 15 is 0 Å². The number of carbonyl (C=O) groups is 1. The van der Waals surface area contributed by atoms with Crippen LogP contribution < -0.4 is 4.90 Å². The fourth-order valence-electron chi connectivity index (χ4n) is 3.70. The van der Waals surface area contributed by atoms with Crippen LogP contribution in [-0.2, 0) is 11.3 Å². The molecule has 32 heavy (non-hydrogen) atoms. The van der Waals surface area contributed by atoms with Gasteiger partial charge in [-0.2, -0.15) is 0 Å². The summed E-state index contributed by atoms with van der Waals surface area (Å²) in [6, 6.07) is 8.22. The number of hydrogen-bond donors (Lipinski definition) is 0. The lowest BCUT2D eigenvalue weighted by molar-refractivity contribution is -0.120. The number of rotatable bonds is 8. The van der Waals surface area contributed by atoms with Crippen LogP contribution in [0.1, 0.15) is 33.3 Å². The van der Waals surface area contributed by atoms with E-state index in [1.54, 1.807) is 6.20 Å². The third-order valence-electron chi connectivity index (χ3n) is 5.44. The number of allylic oxidation sites excluding steroid dienone is 3. The van der Waals surface area contributed by atoms with Crippen molar-refractivity contribution >= 4 is 11.6 Å². The average Bonchev–Trinajstić information content (AvgIpc) is 3.30. The third-order valence-corrected chi connectivity index (χ3v) is 5.44. The van der Waals surface area contributed by atoms with E-state index < -0.39 is 0 Å². The van der Waals surface area contributed by atoms with Crippen LogP contribution in [-0.4, -0.2) is 71.1 Å². The van der Waals surface area contributed by atoms with Crippen LogP contribution in [0.4, 0.5) is 5.69 Å². The Morgan fingerprint density at radius 3 is 2.59 bits per heavy atom. The van der Waals surface area contributed by atoms with Gasteiger partial charge in [-0.25, -0.2) is 4.98 Å². The number of likely N-dealkylation sites (N-methyl/N-ethyl adjacent to an activating group) is 1. The quantitative estimate of drug-likeness (QED) is 0.584. The molecule has 1 aromatic carbocycles. The molecule has 0 radical (unpaired) electrons. The normalized spacial score (nSPS) is 16.2. The fourth-order valence-corrected chi connectivity index (χ4v) is 3.70. The van der Waals surface area contributed by atoms with Crippen LogP contribution in [0.3, 0.4) is 0 Å². The van der Waals surface area contributed by atoms with Crippen LogP contribution in [0.5, 0.6) is 0 Å². The lowest BCUT2D eigenvalue weighted by Crippen LogP contribution is -2.50. The Morgan fingerprint density at radius 1 is 1.19 bits per heavy atom. The number of nitrogens with zero attached hydrogens (tertiary/aromatic N) is 5. The summed E-state index contributed by atoms with van der Waals surface area (Å²) < 4.78 is 2.03. The minimum Gasteiger partial charge on any atom is -0.333 e. The van der Waals surface area contributed by atoms with Crippen LogP contribution >= 0.6 is 0 Å². The highest BCUT2D eigenvalue weighted by Gasteiger charge is 2.24. The number of imidazole rings is 1. The molecule has 3 rings (SSSR count). The first-order valence-corrected chi connectivity index (χ1v) is 11.6. The number of piperazine rings is 1. The molecule has 1 aliphatic heterocycles. The number of hydrogen-bond acceptors (Lipinski definition) is 4. The van der Waals surface area contributed by atoms with E-state index in [1.165, 1.54) is 0 Å². The van der Waals surface area contributed by atoms with E-state index in [4.69, 9.17) is 0 Å². The molecule has 1 fully saturated rings. The standard InChI is InChI=1S/C24H33N5O.C2H6/c1-4-5-6-8-21(2)29(24(30)19-27-15-13-26(3)14-16-27)23-10-7-9-22(17-23)18-28-12-11-25-20-28;1-2/h4-12,17,20-21H,13-16,18-19H2,1-3H3;1-2H3/b5-4-,8-6-;. The molecule has 2 heterocycles. The van der Waals surface area contributed by atoms with Gasteiger partial charge in [0.25, 0.3) is 0 Å². The van der Waals surface area contributed by atoms with Crippen molar-refractivity contribution in [3.8, 4) is 0 Å². The second-order valence-electron chi connectivity index (χ2n) is 7.90. The summed E-state index contributed by atoms with van der Waals surface area (Å²) in [4.78, 5) is 24.0. The van der Waals surface area contributed by atoms with Crippen LogP contribution in [0.25, 0.3) is 0 Å². The second-order valence-corrected chi connectivity index (χ2v) is 7.90. The highest BCUT2D eigenvalue weighted by atomic mass is 16.2. The summed E-state index contributed by atoms with van der Waals surface area (Å²) in [5, 5.41) is 0. The van der Waals surface area contributed by atoms with E-state index in [1.807, 2.05) is 73.1 Å². The largest absolute Gasteiger partial charge is 0.333 e. The Labute approximate surface area is 193 Å². The zero-order chi connectivity index (χ0) is 23.3. The molecule has 6 heteroatoms. The second kappa shape index (κ2) is 13.7. The third kappa shape index (κ3) is 7.77. The molecule has 6 nitrogen and oxygen atoms in total. The molecule has 1 unspecified atom stereocenters. The zero-order valence-electron chi connectivity index (χ0n) is 20.3. The van der Waals surface area contributed by atoms with Gasteiger partial charge < -0.3 is 14.4 Å². The summed E-state index contributed by atoms with van der Waals surface area (Å²) in [7, 11) is 2.13. The van der Waals surface area contributed by atoms with E-state index in [0.29, 0.717) is 6.54 Å². The Kier molecular flexibility index (Phi) is 10.9. The van der Waals surface area contributed by atoms with Crippen molar-refractivity contribution in [2.45, 2.75) is 40.3 Å². The summed E-state index contributed by atoms with van der Waals surface area (Å²) in [5.41, 5.74) is 2.08. The lowest BCUT2D eigenvalue weighted by Gasteiger charge is -2.35. The SMILES string of the molecule is C/C=C\C=C/C(C)N(C(=O)CN1CCN(C)CC1)c1cccc(Cn2ccnc2)c1.CC. The van der Waals surface area contributed by atoms with Crippen molar-refractivity contribution in [2.24, 2.45) is 0 Å². The molecule has 1 aromatic heterocycles. The van der Waals surface area contributed by atoms with Crippen molar-refractivity contribution < 1.29 is 4.79 Å². The van der Waals surface area contributed by atoms with Crippen LogP contribution in [0, 0.1) is 0 Å².